The summed E-state index contributed by atoms with van der Waals surface area (Å²) in [5.41, 5.74) is 0. The highest BCUT2D eigenvalue weighted by Gasteiger charge is 2.23. The molecule has 5 nitrogen and oxygen atoms in total. The van der Waals surface area contributed by atoms with Gasteiger partial charge in [-0.3, -0.25) is 0 Å². The molecule has 1 rings (SSSR count). The minimum absolute atomic E-state index is 0.0107. The van der Waals surface area contributed by atoms with Crippen molar-refractivity contribution in [2.45, 2.75) is 40.2 Å². The van der Waals surface area contributed by atoms with Gasteiger partial charge in [-0.1, -0.05) is 13.8 Å². The smallest absolute Gasteiger partial charge is 0.317 e. The largest absolute Gasteiger partial charge is 0.395 e. The molecule has 3 unspecified atom stereocenters. The number of hydrogen-bond acceptors (Lipinski definition) is 3. The first-order valence-electron chi connectivity index (χ1n) is 7.84. The van der Waals surface area contributed by atoms with E-state index in [0.29, 0.717) is 13.1 Å². The number of aliphatic hydroxyl groups excluding tert-OH is 1. The van der Waals surface area contributed by atoms with Gasteiger partial charge in [0.1, 0.15) is 0 Å². The van der Waals surface area contributed by atoms with Gasteiger partial charge in [-0.15, -0.1) is 0 Å². The summed E-state index contributed by atoms with van der Waals surface area (Å²) in [7, 11) is 0. The second kappa shape index (κ2) is 8.47. The molecule has 0 spiro atoms. The molecule has 2 amide bonds. The van der Waals surface area contributed by atoms with Gasteiger partial charge in [0, 0.05) is 38.8 Å². The van der Waals surface area contributed by atoms with Crippen molar-refractivity contribution >= 4 is 6.03 Å². The Balaban J connectivity index is 2.38. The minimum atomic E-state index is -0.0767. The van der Waals surface area contributed by atoms with Gasteiger partial charge < -0.3 is 20.2 Å². The fourth-order valence-electron chi connectivity index (χ4n) is 3.20. The molecule has 20 heavy (non-hydrogen) atoms. The number of carbonyl (C=O) groups excluding carboxylic acids is 1. The van der Waals surface area contributed by atoms with Crippen LogP contribution in [-0.2, 0) is 0 Å². The zero-order valence-corrected chi connectivity index (χ0v) is 13.4. The molecule has 0 aromatic carbocycles. The van der Waals surface area contributed by atoms with Crippen molar-refractivity contribution in [2.24, 2.45) is 11.8 Å². The van der Waals surface area contributed by atoms with Crippen LogP contribution >= 0.6 is 0 Å². The fourth-order valence-corrected chi connectivity index (χ4v) is 3.20. The molecule has 0 aromatic rings. The lowest BCUT2D eigenvalue weighted by molar-refractivity contribution is 0.128. The normalized spacial score (nSPS) is 25.2. The van der Waals surface area contributed by atoms with Crippen molar-refractivity contribution in [1.29, 1.82) is 0 Å². The lowest BCUT2D eigenvalue weighted by Gasteiger charge is -2.36. The number of piperidine rings is 1. The first-order valence-corrected chi connectivity index (χ1v) is 7.84. The summed E-state index contributed by atoms with van der Waals surface area (Å²) >= 11 is 0. The van der Waals surface area contributed by atoms with E-state index < -0.39 is 0 Å². The first kappa shape index (κ1) is 17.2. The summed E-state index contributed by atoms with van der Waals surface area (Å²) in [5.74, 6) is 1.48. The molecule has 0 saturated carbocycles. The highest BCUT2D eigenvalue weighted by molar-refractivity contribution is 5.74. The molecule has 118 valence electrons. The molecule has 2 N–H and O–H groups in total. The molecule has 0 radical (unpaired) electrons. The van der Waals surface area contributed by atoms with E-state index >= 15 is 0 Å². The molecule has 1 saturated heterocycles. The summed E-state index contributed by atoms with van der Waals surface area (Å²) in [6, 6.07) is 0.0555. The van der Waals surface area contributed by atoms with Crippen molar-refractivity contribution in [3.05, 3.63) is 0 Å². The van der Waals surface area contributed by atoms with E-state index in [0.717, 1.165) is 31.5 Å². The number of aliphatic hydroxyl groups is 1. The second-order valence-corrected chi connectivity index (χ2v) is 6.32. The molecule has 1 aliphatic rings. The Bertz CT molecular complexity index is 289. The van der Waals surface area contributed by atoms with Crippen molar-refractivity contribution in [3.8, 4) is 0 Å². The average Bonchev–Trinajstić information content (AvgIpc) is 2.34. The molecule has 1 aliphatic heterocycles. The lowest BCUT2D eigenvalue weighted by atomic mass is 9.92. The fraction of sp³-hybridized carbons (Fsp3) is 0.933. The van der Waals surface area contributed by atoms with Gasteiger partial charge in [0.05, 0.1) is 6.61 Å². The highest BCUT2D eigenvalue weighted by atomic mass is 16.3. The van der Waals surface area contributed by atoms with Crippen LogP contribution in [0.4, 0.5) is 4.79 Å². The Kier molecular flexibility index (Phi) is 7.30. The second-order valence-electron chi connectivity index (χ2n) is 6.32. The third kappa shape index (κ3) is 5.67. The van der Waals surface area contributed by atoms with Crippen molar-refractivity contribution < 1.29 is 9.90 Å². The number of amides is 2. The Morgan fingerprint density at radius 1 is 1.40 bits per heavy atom. The van der Waals surface area contributed by atoms with Gasteiger partial charge in [-0.05, 0) is 32.1 Å². The lowest BCUT2D eigenvalue weighted by Crippen LogP contribution is -2.50. The number of nitrogens with zero attached hydrogens (tertiary/aromatic N) is 2. The third-order valence-corrected chi connectivity index (χ3v) is 3.89. The van der Waals surface area contributed by atoms with Gasteiger partial charge >= 0.3 is 6.03 Å². The van der Waals surface area contributed by atoms with Crippen LogP contribution in [0.3, 0.4) is 0 Å². The van der Waals surface area contributed by atoms with E-state index in [4.69, 9.17) is 5.11 Å². The summed E-state index contributed by atoms with van der Waals surface area (Å²) < 4.78 is 0. The predicted molar refractivity (Wildman–Crippen MR) is 81.7 cm³/mol. The maximum absolute atomic E-state index is 12.0. The molecule has 0 aromatic heterocycles. The summed E-state index contributed by atoms with van der Waals surface area (Å²) in [6.07, 6.45) is 1.30. The molecule has 0 bridgehead atoms. The van der Waals surface area contributed by atoms with Crippen LogP contribution in [0, 0.1) is 11.8 Å². The standard InChI is InChI=1S/C15H31N3O2/c1-5-18(6-7-19)15(20)16-14(4)11-17-9-12(2)8-13(3)10-17/h12-14,19H,5-11H2,1-4H3,(H,16,20). The number of hydrogen-bond donors (Lipinski definition) is 2. The van der Waals surface area contributed by atoms with Gasteiger partial charge in [0.15, 0.2) is 0 Å². The van der Waals surface area contributed by atoms with E-state index in [1.165, 1.54) is 6.42 Å². The highest BCUT2D eigenvalue weighted by Crippen LogP contribution is 2.20. The number of nitrogens with one attached hydrogen (secondary N) is 1. The van der Waals surface area contributed by atoms with Crippen LogP contribution < -0.4 is 5.32 Å². The van der Waals surface area contributed by atoms with Crippen molar-refractivity contribution in [1.82, 2.24) is 15.1 Å². The zero-order chi connectivity index (χ0) is 15.1. The van der Waals surface area contributed by atoms with E-state index in [1.54, 1.807) is 4.90 Å². The quantitative estimate of drug-likeness (QED) is 0.775. The number of rotatable bonds is 6. The van der Waals surface area contributed by atoms with Crippen molar-refractivity contribution in [2.75, 3.05) is 39.3 Å². The molecule has 1 heterocycles. The van der Waals surface area contributed by atoms with Crippen LogP contribution in [0.15, 0.2) is 0 Å². The third-order valence-electron chi connectivity index (χ3n) is 3.89. The Morgan fingerprint density at radius 2 is 2.00 bits per heavy atom. The van der Waals surface area contributed by atoms with Crippen LogP contribution in [-0.4, -0.2) is 66.3 Å². The molecular weight excluding hydrogens is 254 g/mol. The first-order chi connectivity index (χ1) is 9.46. The predicted octanol–water partition coefficient (Wildman–Crippen LogP) is 1.38. The van der Waals surface area contributed by atoms with Crippen molar-refractivity contribution in [3.63, 3.8) is 0 Å². The van der Waals surface area contributed by atoms with Crippen LogP contribution in [0.5, 0.6) is 0 Å². The van der Waals surface area contributed by atoms with Gasteiger partial charge in [-0.25, -0.2) is 4.79 Å². The number of urea groups is 1. The maximum Gasteiger partial charge on any atom is 0.317 e. The number of carbonyl (C=O) groups is 1. The van der Waals surface area contributed by atoms with E-state index in [1.807, 2.05) is 6.92 Å². The summed E-state index contributed by atoms with van der Waals surface area (Å²) in [6.45, 7) is 12.7. The molecule has 3 atom stereocenters. The molecule has 0 aliphatic carbocycles. The van der Waals surface area contributed by atoms with Crippen LogP contribution in [0.2, 0.25) is 0 Å². The minimum Gasteiger partial charge on any atom is -0.395 e. The van der Waals surface area contributed by atoms with Gasteiger partial charge in [0.2, 0.25) is 0 Å². The Morgan fingerprint density at radius 3 is 2.50 bits per heavy atom. The molecule has 1 fully saturated rings. The average molecular weight is 285 g/mol. The van der Waals surface area contributed by atoms with Gasteiger partial charge in [-0.2, -0.15) is 0 Å². The van der Waals surface area contributed by atoms with Crippen LogP contribution in [0.1, 0.15) is 34.1 Å². The zero-order valence-electron chi connectivity index (χ0n) is 13.4. The Labute approximate surface area is 123 Å². The van der Waals surface area contributed by atoms with Crippen LogP contribution in [0.25, 0.3) is 0 Å². The topological polar surface area (TPSA) is 55.8 Å². The number of likely N-dealkylation sites (tertiary alicyclic amines) is 1. The number of likely N-dealkylation sites (N-methyl/N-ethyl adjacent to an activating group) is 1. The van der Waals surface area contributed by atoms with E-state index in [2.05, 4.69) is 31.0 Å². The monoisotopic (exact) mass is 285 g/mol. The maximum atomic E-state index is 12.0. The summed E-state index contributed by atoms with van der Waals surface area (Å²) in [5, 5.41) is 12.0. The molecular formula is C15H31N3O2. The molecule has 5 heteroatoms. The Hall–Kier alpha value is -0.810. The van der Waals surface area contributed by atoms with E-state index in [9.17, 15) is 4.79 Å². The van der Waals surface area contributed by atoms with Gasteiger partial charge in [0.25, 0.3) is 0 Å². The SMILES string of the molecule is CCN(CCO)C(=O)NC(C)CN1CC(C)CC(C)C1. The summed E-state index contributed by atoms with van der Waals surface area (Å²) in [4.78, 5) is 16.1. The van der Waals surface area contributed by atoms with E-state index in [-0.39, 0.29) is 18.7 Å².